The van der Waals surface area contributed by atoms with Crippen LogP contribution in [0.5, 0.6) is 0 Å². The maximum atomic E-state index is 12.0. The zero-order valence-electron chi connectivity index (χ0n) is 15.6. The number of carbonyl (C=O) groups is 2. The lowest BCUT2D eigenvalue weighted by molar-refractivity contribution is -0.384. The molecule has 8 heteroatoms. The van der Waals surface area contributed by atoms with Crippen molar-refractivity contribution >= 4 is 29.2 Å². The molecular formula is C20H21ClN2O5. The van der Waals surface area contributed by atoms with Gasteiger partial charge in [0.2, 0.25) is 0 Å². The SMILES string of the molecule is CC(C)c1ccc(CCNC(=O)COC(=O)c2ccc([N+](=O)[O-])cc2Cl)cc1. The monoisotopic (exact) mass is 404 g/mol. The Morgan fingerprint density at radius 1 is 1.18 bits per heavy atom. The van der Waals surface area contributed by atoms with E-state index in [4.69, 9.17) is 16.3 Å². The highest BCUT2D eigenvalue weighted by Crippen LogP contribution is 2.23. The average Bonchev–Trinajstić information content (AvgIpc) is 2.66. The number of carbonyl (C=O) groups excluding carboxylic acids is 2. The van der Waals surface area contributed by atoms with E-state index < -0.39 is 23.4 Å². The molecule has 1 amide bonds. The minimum atomic E-state index is -0.820. The molecule has 0 aromatic heterocycles. The normalized spacial score (nSPS) is 10.6. The van der Waals surface area contributed by atoms with Crippen molar-refractivity contribution in [2.24, 2.45) is 0 Å². The molecule has 0 atom stereocenters. The van der Waals surface area contributed by atoms with Gasteiger partial charge in [-0.1, -0.05) is 49.7 Å². The largest absolute Gasteiger partial charge is 0.452 e. The van der Waals surface area contributed by atoms with E-state index >= 15 is 0 Å². The first-order chi connectivity index (χ1) is 13.3. The van der Waals surface area contributed by atoms with Gasteiger partial charge >= 0.3 is 5.97 Å². The van der Waals surface area contributed by atoms with E-state index in [2.05, 4.69) is 31.3 Å². The summed E-state index contributed by atoms with van der Waals surface area (Å²) in [4.78, 5) is 33.9. The summed E-state index contributed by atoms with van der Waals surface area (Å²) in [6, 6.07) is 11.6. The van der Waals surface area contributed by atoms with Gasteiger partial charge in [0.05, 0.1) is 15.5 Å². The van der Waals surface area contributed by atoms with Gasteiger partial charge in [-0.25, -0.2) is 4.79 Å². The van der Waals surface area contributed by atoms with Crippen molar-refractivity contribution in [2.45, 2.75) is 26.2 Å². The van der Waals surface area contributed by atoms with Crippen molar-refractivity contribution in [3.05, 3.63) is 74.3 Å². The van der Waals surface area contributed by atoms with Crippen LogP contribution in [0.1, 0.15) is 41.3 Å². The molecule has 0 unspecified atom stereocenters. The van der Waals surface area contributed by atoms with Gasteiger partial charge in [-0.15, -0.1) is 0 Å². The number of hydrogen-bond acceptors (Lipinski definition) is 5. The molecule has 1 N–H and O–H groups in total. The van der Waals surface area contributed by atoms with E-state index in [1.54, 1.807) is 0 Å². The number of nitrogens with zero attached hydrogens (tertiary/aromatic N) is 1. The smallest absolute Gasteiger partial charge is 0.340 e. The maximum absolute atomic E-state index is 12.0. The van der Waals surface area contributed by atoms with Gasteiger partial charge in [0.1, 0.15) is 0 Å². The Labute approximate surface area is 167 Å². The lowest BCUT2D eigenvalue weighted by Gasteiger charge is -2.09. The fourth-order valence-electron chi connectivity index (χ4n) is 2.46. The molecule has 2 rings (SSSR count). The van der Waals surface area contributed by atoms with Gasteiger partial charge in [-0.3, -0.25) is 14.9 Å². The second kappa shape index (κ2) is 9.85. The number of non-ortho nitro benzene ring substituents is 1. The number of nitro groups is 1. The fraction of sp³-hybridized carbons (Fsp3) is 0.300. The van der Waals surface area contributed by atoms with E-state index in [1.807, 2.05) is 12.1 Å². The van der Waals surface area contributed by atoms with E-state index in [0.717, 1.165) is 17.7 Å². The summed E-state index contributed by atoms with van der Waals surface area (Å²) in [6.45, 7) is 4.20. The first-order valence-electron chi connectivity index (χ1n) is 8.74. The van der Waals surface area contributed by atoms with Gasteiger partial charge in [-0.2, -0.15) is 0 Å². The lowest BCUT2D eigenvalue weighted by atomic mass is 10.0. The Balaban J connectivity index is 1.77. The minimum Gasteiger partial charge on any atom is -0.452 e. The average molecular weight is 405 g/mol. The van der Waals surface area contributed by atoms with Gasteiger partial charge in [0.15, 0.2) is 6.61 Å². The minimum absolute atomic E-state index is 0.0368. The molecular weight excluding hydrogens is 384 g/mol. The van der Waals surface area contributed by atoms with Crippen molar-refractivity contribution in [3.63, 3.8) is 0 Å². The summed E-state index contributed by atoms with van der Waals surface area (Å²) >= 11 is 5.86. The van der Waals surface area contributed by atoms with Crippen molar-refractivity contribution in [1.82, 2.24) is 5.32 Å². The van der Waals surface area contributed by atoms with Gasteiger partial charge in [-0.05, 0) is 29.5 Å². The number of nitrogens with one attached hydrogen (secondary N) is 1. The van der Waals surface area contributed by atoms with Crippen LogP contribution < -0.4 is 5.32 Å². The van der Waals surface area contributed by atoms with E-state index in [-0.39, 0.29) is 16.3 Å². The summed E-state index contributed by atoms with van der Waals surface area (Å²) in [7, 11) is 0. The summed E-state index contributed by atoms with van der Waals surface area (Å²) in [5.41, 5.74) is 2.08. The highest BCUT2D eigenvalue weighted by atomic mass is 35.5. The highest BCUT2D eigenvalue weighted by molar-refractivity contribution is 6.33. The number of amides is 1. The number of hydrogen-bond donors (Lipinski definition) is 1. The molecule has 0 saturated carbocycles. The number of ether oxygens (including phenoxy) is 1. The zero-order chi connectivity index (χ0) is 20.7. The topological polar surface area (TPSA) is 98.5 Å². The molecule has 0 radical (unpaired) electrons. The Morgan fingerprint density at radius 3 is 2.43 bits per heavy atom. The Hall–Kier alpha value is -2.93. The molecule has 0 spiro atoms. The number of benzene rings is 2. The summed E-state index contributed by atoms with van der Waals surface area (Å²) in [6.07, 6.45) is 0.659. The van der Waals surface area contributed by atoms with Crippen LogP contribution in [0.15, 0.2) is 42.5 Å². The number of esters is 1. The van der Waals surface area contributed by atoms with Crippen molar-refractivity contribution in [3.8, 4) is 0 Å². The predicted molar refractivity (Wildman–Crippen MR) is 106 cm³/mol. The van der Waals surface area contributed by atoms with Gasteiger partial charge in [0, 0.05) is 18.7 Å². The zero-order valence-corrected chi connectivity index (χ0v) is 16.4. The molecule has 0 aliphatic heterocycles. The predicted octanol–water partition coefficient (Wildman–Crippen LogP) is 3.89. The maximum Gasteiger partial charge on any atom is 0.340 e. The van der Waals surface area contributed by atoms with Crippen LogP contribution in [0, 0.1) is 10.1 Å². The van der Waals surface area contributed by atoms with Gasteiger partial charge < -0.3 is 10.1 Å². The second-order valence-electron chi connectivity index (χ2n) is 6.49. The molecule has 148 valence electrons. The molecule has 2 aromatic carbocycles. The Kier molecular flexibility index (Phi) is 7.52. The van der Waals surface area contributed by atoms with Crippen LogP contribution in [0.25, 0.3) is 0 Å². The van der Waals surface area contributed by atoms with Crippen molar-refractivity contribution in [1.29, 1.82) is 0 Å². The lowest BCUT2D eigenvalue weighted by Crippen LogP contribution is -2.30. The van der Waals surface area contributed by atoms with E-state index in [0.29, 0.717) is 18.9 Å². The molecule has 28 heavy (non-hydrogen) atoms. The molecule has 0 heterocycles. The molecule has 0 aliphatic rings. The third-order valence-electron chi connectivity index (χ3n) is 4.10. The van der Waals surface area contributed by atoms with Gasteiger partial charge in [0.25, 0.3) is 11.6 Å². The van der Waals surface area contributed by atoms with E-state index in [1.165, 1.54) is 11.6 Å². The summed E-state index contributed by atoms with van der Waals surface area (Å²) in [5, 5.41) is 13.2. The fourth-order valence-corrected chi connectivity index (χ4v) is 2.71. The number of nitro benzene ring substituents is 1. The van der Waals surface area contributed by atoms with Crippen LogP contribution in [-0.4, -0.2) is 30.0 Å². The molecule has 0 saturated heterocycles. The molecule has 0 bridgehead atoms. The standard InChI is InChI=1S/C20H21ClN2O5/c1-13(2)15-5-3-14(4-6-15)9-10-22-19(24)12-28-20(25)17-8-7-16(23(26)27)11-18(17)21/h3-8,11,13H,9-10,12H2,1-2H3,(H,22,24). The first-order valence-corrected chi connectivity index (χ1v) is 9.12. The van der Waals surface area contributed by atoms with E-state index in [9.17, 15) is 19.7 Å². The van der Waals surface area contributed by atoms with Crippen molar-refractivity contribution < 1.29 is 19.2 Å². The Bertz CT molecular complexity index is 865. The molecule has 0 aliphatic carbocycles. The first kappa shape index (κ1) is 21.4. The van der Waals surface area contributed by atoms with Crippen LogP contribution in [0.4, 0.5) is 5.69 Å². The van der Waals surface area contributed by atoms with Crippen LogP contribution in [-0.2, 0) is 16.0 Å². The third-order valence-corrected chi connectivity index (χ3v) is 4.41. The van der Waals surface area contributed by atoms with Crippen molar-refractivity contribution in [2.75, 3.05) is 13.2 Å². The van der Waals surface area contributed by atoms with Crippen LogP contribution >= 0.6 is 11.6 Å². The highest BCUT2D eigenvalue weighted by Gasteiger charge is 2.17. The third kappa shape index (κ3) is 6.06. The summed E-state index contributed by atoms with van der Waals surface area (Å²) < 4.78 is 4.91. The molecule has 7 nitrogen and oxygen atoms in total. The van der Waals surface area contributed by atoms with Crippen LogP contribution in [0.2, 0.25) is 5.02 Å². The number of rotatable bonds is 8. The quantitative estimate of drug-likeness (QED) is 0.409. The second-order valence-corrected chi connectivity index (χ2v) is 6.90. The summed E-state index contributed by atoms with van der Waals surface area (Å²) in [5.74, 6) is -0.794. The Morgan fingerprint density at radius 2 is 1.86 bits per heavy atom. The molecule has 0 fully saturated rings. The molecule has 2 aromatic rings. The number of halogens is 1. The van der Waals surface area contributed by atoms with Crippen LogP contribution in [0.3, 0.4) is 0 Å².